The predicted molar refractivity (Wildman–Crippen MR) is 108 cm³/mol. The summed E-state index contributed by atoms with van der Waals surface area (Å²) in [7, 11) is 0. The molecule has 0 bridgehead atoms. The standard InChI is InChI=1S/C22H17ClFNO4/c1-13-2-4-15(12-19(13)24)22(28)25-16-5-7-17(8-6-16)29-20-9-3-14(10-18(20)23)11-21(26)27/h2-10,12H,11H2,1H3,(H,25,28)(H,26,27). The molecule has 0 aliphatic carbocycles. The number of carbonyl (C=O) groups excluding carboxylic acids is 1. The number of hydrogen-bond acceptors (Lipinski definition) is 3. The third-order valence-electron chi connectivity index (χ3n) is 4.13. The van der Waals surface area contributed by atoms with Gasteiger partial charge in [0.15, 0.2) is 0 Å². The summed E-state index contributed by atoms with van der Waals surface area (Å²) < 4.78 is 19.3. The van der Waals surface area contributed by atoms with Crippen molar-refractivity contribution < 1.29 is 23.8 Å². The third kappa shape index (κ3) is 5.33. The Labute approximate surface area is 171 Å². The van der Waals surface area contributed by atoms with E-state index in [0.29, 0.717) is 33.3 Å². The van der Waals surface area contributed by atoms with Gasteiger partial charge in [-0.3, -0.25) is 9.59 Å². The molecule has 3 aromatic rings. The Balaban J connectivity index is 1.66. The first-order valence-electron chi connectivity index (χ1n) is 8.67. The van der Waals surface area contributed by atoms with Gasteiger partial charge in [0.05, 0.1) is 11.4 Å². The fourth-order valence-electron chi connectivity index (χ4n) is 2.58. The smallest absolute Gasteiger partial charge is 0.307 e. The SMILES string of the molecule is Cc1ccc(C(=O)Nc2ccc(Oc3ccc(CC(=O)O)cc3Cl)cc2)cc1F. The summed E-state index contributed by atoms with van der Waals surface area (Å²) in [6.07, 6.45) is -0.126. The van der Waals surface area contributed by atoms with E-state index in [2.05, 4.69) is 5.32 Å². The molecule has 0 saturated carbocycles. The molecule has 7 heteroatoms. The van der Waals surface area contributed by atoms with Crippen molar-refractivity contribution in [3.05, 3.63) is 88.2 Å². The molecule has 29 heavy (non-hydrogen) atoms. The Hall–Kier alpha value is -3.38. The van der Waals surface area contributed by atoms with Crippen molar-refractivity contribution in [2.24, 2.45) is 0 Å². The molecule has 0 saturated heterocycles. The van der Waals surface area contributed by atoms with Crippen LogP contribution in [0.4, 0.5) is 10.1 Å². The third-order valence-corrected chi connectivity index (χ3v) is 4.42. The lowest BCUT2D eigenvalue weighted by Crippen LogP contribution is -2.12. The second-order valence-corrected chi connectivity index (χ2v) is 6.79. The molecule has 0 aliphatic rings. The molecule has 0 aromatic heterocycles. The molecule has 0 atom stereocenters. The van der Waals surface area contributed by atoms with Crippen LogP contribution in [0.3, 0.4) is 0 Å². The summed E-state index contributed by atoms with van der Waals surface area (Å²) in [5.41, 5.74) is 1.78. The Kier molecular flexibility index (Phi) is 6.14. The van der Waals surface area contributed by atoms with Crippen LogP contribution in [0, 0.1) is 12.7 Å². The lowest BCUT2D eigenvalue weighted by molar-refractivity contribution is -0.136. The van der Waals surface area contributed by atoms with Gasteiger partial charge in [0.1, 0.15) is 17.3 Å². The number of rotatable bonds is 6. The van der Waals surface area contributed by atoms with E-state index in [1.165, 1.54) is 6.07 Å². The number of carboxylic acid groups (broad SMARTS) is 1. The second kappa shape index (κ2) is 8.75. The van der Waals surface area contributed by atoms with Crippen molar-refractivity contribution in [3.63, 3.8) is 0 Å². The molecule has 0 unspecified atom stereocenters. The van der Waals surface area contributed by atoms with Crippen molar-refractivity contribution in [2.45, 2.75) is 13.3 Å². The number of carbonyl (C=O) groups is 2. The molecule has 0 heterocycles. The van der Waals surface area contributed by atoms with E-state index in [1.807, 2.05) is 0 Å². The summed E-state index contributed by atoms with van der Waals surface area (Å²) in [5, 5.41) is 11.8. The van der Waals surface area contributed by atoms with Crippen LogP contribution in [0.15, 0.2) is 60.7 Å². The summed E-state index contributed by atoms with van der Waals surface area (Å²) in [6.45, 7) is 1.63. The number of anilines is 1. The minimum Gasteiger partial charge on any atom is -0.481 e. The number of aliphatic carboxylic acids is 1. The van der Waals surface area contributed by atoms with Crippen molar-refractivity contribution in [2.75, 3.05) is 5.32 Å². The van der Waals surface area contributed by atoms with Gasteiger partial charge < -0.3 is 15.2 Å². The molecule has 0 aliphatic heterocycles. The molecule has 1 amide bonds. The maximum Gasteiger partial charge on any atom is 0.307 e. The highest BCUT2D eigenvalue weighted by atomic mass is 35.5. The number of halogens is 2. The lowest BCUT2D eigenvalue weighted by Gasteiger charge is -2.10. The zero-order valence-electron chi connectivity index (χ0n) is 15.4. The quantitative estimate of drug-likeness (QED) is 0.562. The molecule has 3 rings (SSSR count). The van der Waals surface area contributed by atoms with E-state index in [4.69, 9.17) is 21.4 Å². The molecule has 2 N–H and O–H groups in total. The zero-order valence-corrected chi connectivity index (χ0v) is 16.2. The average Bonchev–Trinajstić information content (AvgIpc) is 2.67. The van der Waals surface area contributed by atoms with Crippen LogP contribution in [-0.4, -0.2) is 17.0 Å². The van der Waals surface area contributed by atoms with E-state index >= 15 is 0 Å². The highest BCUT2D eigenvalue weighted by molar-refractivity contribution is 6.32. The summed E-state index contributed by atoms with van der Waals surface area (Å²) in [5.74, 6) is -0.937. The van der Waals surface area contributed by atoms with Crippen LogP contribution in [0.5, 0.6) is 11.5 Å². The Bertz CT molecular complexity index is 1070. The number of nitrogens with one attached hydrogen (secondary N) is 1. The molecular formula is C22H17ClFNO4. The van der Waals surface area contributed by atoms with E-state index in [-0.39, 0.29) is 12.0 Å². The van der Waals surface area contributed by atoms with E-state index in [0.717, 1.165) is 0 Å². The zero-order chi connectivity index (χ0) is 21.0. The monoisotopic (exact) mass is 413 g/mol. The molecule has 3 aromatic carbocycles. The van der Waals surface area contributed by atoms with Gasteiger partial charge in [0.2, 0.25) is 0 Å². The Morgan fingerprint density at radius 2 is 1.79 bits per heavy atom. The van der Waals surface area contributed by atoms with Crippen LogP contribution >= 0.6 is 11.6 Å². The second-order valence-electron chi connectivity index (χ2n) is 6.38. The van der Waals surface area contributed by atoms with E-state index < -0.39 is 17.7 Å². The van der Waals surface area contributed by atoms with Gasteiger partial charge in [0, 0.05) is 11.3 Å². The number of ether oxygens (including phenoxy) is 1. The Morgan fingerprint density at radius 1 is 1.07 bits per heavy atom. The van der Waals surface area contributed by atoms with Crippen LogP contribution in [0.2, 0.25) is 5.02 Å². The van der Waals surface area contributed by atoms with Gasteiger partial charge in [-0.15, -0.1) is 0 Å². The minimum absolute atomic E-state index is 0.126. The molecule has 0 spiro atoms. The number of hydrogen-bond donors (Lipinski definition) is 2. The fraction of sp³-hybridized carbons (Fsp3) is 0.0909. The van der Waals surface area contributed by atoms with Gasteiger partial charge in [0.25, 0.3) is 5.91 Å². The van der Waals surface area contributed by atoms with Crippen molar-refractivity contribution in [1.82, 2.24) is 0 Å². The van der Waals surface area contributed by atoms with Crippen LogP contribution in [-0.2, 0) is 11.2 Å². The number of benzene rings is 3. The van der Waals surface area contributed by atoms with Crippen molar-refractivity contribution >= 4 is 29.2 Å². The molecule has 5 nitrogen and oxygen atoms in total. The lowest BCUT2D eigenvalue weighted by atomic mass is 10.1. The summed E-state index contributed by atoms with van der Waals surface area (Å²) in [4.78, 5) is 23.0. The van der Waals surface area contributed by atoms with Crippen molar-refractivity contribution in [1.29, 1.82) is 0 Å². The maximum absolute atomic E-state index is 13.6. The average molecular weight is 414 g/mol. The van der Waals surface area contributed by atoms with Gasteiger partial charge in [-0.2, -0.15) is 0 Å². The maximum atomic E-state index is 13.6. The topological polar surface area (TPSA) is 75.6 Å². The van der Waals surface area contributed by atoms with Gasteiger partial charge in [-0.1, -0.05) is 23.7 Å². The molecule has 0 radical (unpaired) electrons. The summed E-state index contributed by atoms with van der Waals surface area (Å²) in [6, 6.07) is 15.6. The fourth-order valence-corrected chi connectivity index (χ4v) is 2.82. The normalized spacial score (nSPS) is 10.4. The molecule has 0 fully saturated rings. The first-order valence-corrected chi connectivity index (χ1v) is 9.05. The van der Waals surface area contributed by atoms with Crippen LogP contribution in [0.25, 0.3) is 0 Å². The highest BCUT2D eigenvalue weighted by Crippen LogP contribution is 2.31. The first kappa shape index (κ1) is 20.4. The number of carboxylic acids is 1. The molecule has 148 valence electrons. The van der Waals surface area contributed by atoms with Crippen molar-refractivity contribution in [3.8, 4) is 11.5 Å². The summed E-state index contributed by atoms with van der Waals surface area (Å²) >= 11 is 6.15. The number of amides is 1. The van der Waals surface area contributed by atoms with Gasteiger partial charge in [-0.25, -0.2) is 4.39 Å². The highest BCUT2D eigenvalue weighted by Gasteiger charge is 2.10. The van der Waals surface area contributed by atoms with Gasteiger partial charge in [-0.05, 0) is 66.6 Å². The van der Waals surface area contributed by atoms with Crippen LogP contribution in [0.1, 0.15) is 21.5 Å². The van der Waals surface area contributed by atoms with Crippen LogP contribution < -0.4 is 10.1 Å². The number of aryl methyl sites for hydroxylation is 1. The molecular weight excluding hydrogens is 397 g/mol. The minimum atomic E-state index is -0.944. The largest absolute Gasteiger partial charge is 0.481 e. The first-order chi connectivity index (χ1) is 13.8. The van der Waals surface area contributed by atoms with E-state index in [1.54, 1.807) is 61.5 Å². The Morgan fingerprint density at radius 3 is 2.41 bits per heavy atom. The van der Waals surface area contributed by atoms with Gasteiger partial charge >= 0.3 is 5.97 Å². The predicted octanol–water partition coefficient (Wildman–Crippen LogP) is 5.46. The van der Waals surface area contributed by atoms with E-state index in [9.17, 15) is 14.0 Å².